The Morgan fingerprint density at radius 2 is 1.57 bits per heavy atom. The molecule has 0 bridgehead atoms. The summed E-state index contributed by atoms with van der Waals surface area (Å²) in [5.41, 5.74) is 2.46. The summed E-state index contributed by atoms with van der Waals surface area (Å²) in [4.78, 5) is 38.7. The number of H-pyrrole nitrogens is 1. The summed E-state index contributed by atoms with van der Waals surface area (Å²) in [5.74, 6) is -0.366. The molecule has 6 heteroatoms. The van der Waals surface area contributed by atoms with Crippen molar-refractivity contribution >= 4 is 28.1 Å². The summed E-state index contributed by atoms with van der Waals surface area (Å²) in [5, 5.41) is 0. The molecule has 134 valence electrons. The van der Waals surface area contributed by atoms with Crippen molar-refractivity contribution in [3.63, 3.8) is 0 Å². The molecule has 0 spiro atoms. The molecule has 0 saturated carbocycles. The molecular formula is C22H14N4O2. The van der Waals surface area contributed by atoms with E-state index in [2.05, 4.69) is 15.0 Å². The molecule has 0 aliphatic rings. The quantitative estimate of drug-likeness (QED) is 0.496. The van der Waals surface area contributed by atoms with E-state index in [1.165, 1.54) is 4.57 Å². The average Bonchev–Trinajstić information content (AvgIpc) is 3.03. The van der Waals surface area contributed by atoms with E-state index in [9.17, 15) is 9.59 Å². The number of aromatic nitrogens is 4. The van der Waals surface area contributed by atoms with Crippen molar-refractivity contribution in [1.29, 1.82) is 0 Å². The summed E-state index contributed by atoms with van der Waals surface area (Å²) < 4.78 is 1.45. The summed E-state index contributed by atoms with van der Waals surface area (Å²) in [6.45, 7) is 0. The van der Waals surface area contributed by atoms with Crippen molar-refractivity contribution in [3.8, 4) is 5.69 Å². The topological polar surface area (TPSA) is 80.6 Å². The highest BCUT2D eigenvalue weighted by Gasteiger charge is 2.25. The number of nitrogens with one attached hydrogen (secondary N) is 1. The molecule has 5 rings (SSSR count). The van der Waals surface area contributed by atoms with Crippen LogP contribution in [0.1, 0.15) is 15.9 Å². The van der Waals surface area contributed by atoms with Gasteiger partial charge in [-0.05, 0) is 24.3 Å². The van der Waals surface area contributed by atoms with Crippen LogP contribution in [0, 0.1) is 0 Å². The maximum absolute atomic E-state index is 13.3. The zero-order valence-corrected chi connectivity index (χ0v) is 14.7. The number of fused-ring (bicyclic) bond motifs is 2. The lowest BCUT2D eigenvalue weighted by Crippen LogP contribution is -2.20. The molecule has 0 atom stereocenters. The van der Waals surface area contributed by atoms with Gasteiger partial charge in [0.05, 0.1) is 5.69 Å². The van der Waals surface area contributed by atoms with Gasteiger partial charge in [0.1, 0.15) is 16.6 Å². The van der Waals surface area contributed by atoms with Crippen LogP contribution >= 0.6 is 0 Å². The molecule has 1 N–H and O–H groups in total. The second kappa shape index (κ2) is 6.28. The third-order valence-electron chi connectivity index (χ3n) is 4.62. The van der Waals surface area contributed by atoms with Crippen LogP contribution in [0.2, 0.25) is 0 Å². The van der Waals surface area contributed by atoms with Crippen LogP contribution in [0.15, 0.2) is 83.8 Å². The van der Waals surface area contributed by atoms with Crippen LogP contribution in [-0.4, -0.2) is 25.3 Å². The Hall–Kier alpha value is -4.06. The summed E-state index contributed by atoms with van der Waals surface area (Å²) in [6.07, 6.45) is 1.73. The van der Waals surface area contributed by atoms with Crippen molar-refractivity contribution in [1.82, 2.24) is 19.5 Å². The molecule has 3 heterocycles. The molecular weight excluding hydrogens is 352 g/mol. The van der Waals surface area contributed by atoms with Crippen molar-refractivity contribution in [3.05, 3.63) is 100 Å². The Balaban J connectivity index is 1.90. The Morgan fingerprint density at radius 3 is 2.32 bits per heavy atom. The van der Waals surface area contributed by atoms with E-state index in [0.717, 1.165) is 0 Å². The van der Waals surface area contributed by atoms with Crippen LogP contribution in [0.4, 0.5) is 0 Å². The van der Waals surface area contributed by atoms with Gasteiger partial charge in [0, 0.05) is 11.8 Å². The number of ketones is 1. The molecule has 3 aromatic heterocycles. The summed E-state index contributed by atoms with van der Waals surface area (Å²) in [6, 6.07) is 21.5. The molecule has 0 saturated heterocycles. The number of carbonyl (C=O) groups excluding carboxylic acids is 1. The van der Waals surface area contributed by atoms with Gasteiger partial charge < -0.3 is 4.98 Å². The van der Waals surface area contributed by atoms with E-state index in [4.69, 9.17) is 0 Å². The molecule has 0 radical (unpaired) electrons. The highest BCUT2D eigenvalue weighted by atomic mass is 16.1. The number of rotatable bonds is 3. The number of carbonyl (C=O) groups is 1. The molecule has 0 aliphatic heterocycles. The first-order chi connectivity index (χ1) is 13.7. The van der Waals surface area contributed by atoms with Gasteiger partial charge >= 0.3 is 0 Å². The first-order valence-electron chi connectivity index (χ1n) is 8.79. The number of benzene rings is 2. The number of para-hydroxylation sites is 1. The van der Waals surface area contributed by atoms with Gasteiger partial charge in [0.15, 0.2) is 11.3 Å². The summed E-state index contributed by atoms with van der Waals surface area (Å²) >= 11 is 0. The molecule has 2 aromatic carbocycles. The lowest BCUT2D eigenvalue weighted by Gasteiger charge is -2.03. The maximum Gasteiger partial charge on any atom is 0.270 e. The van der Waals surface area contributed by atoms with E-state index in [1.54, 1.807) is 42.6 Å². The van der Waals surface area contributed by atoms with Crippen LogP contribution in [-0.2, 0) is 0 Å². The van der Waals surface area contributed by atoms with E-state index in [0.29, 0.717) is 28.1 Å². The standard InChI is InChI=1S/C22H14N4O2/c27-19(14-8-3-1-4-9-14)17-18-21(24-16-12-7-13-23-20(16)25-18)26(22(17)28)15-10-5-2-6-11-15/h1-13H,(H,23,25). The van der Waals surface area contributed by atoms with Crippen molar-refractivity contribution in [2.24, 2.45) is 0 Å². The van der Waals surface area contributed by atoms with Crippen LogP contribution < -0.4 is 5.56 Å². The second-order valence-corrected chi connectivity index (χ2v) is 6.35. The van der Waals surface area contributed by atoms with Crippen LogP contribution in [0.25, 0.3) is 28.0 Å². The van der Waals surface area contributed by atoms with Crippen LogP contribution in [0.5, 0.6) is 0 Å². The maximum atomic E-state index is 13.3. The molecule has 28 heavy (non-hydrogen) atoms. The fraction of sp³-hybridized carbons (Fsp3) is 0. The third kappa shape index (κ3) is 2.43. The minimum atomic E-state index is -0.426. The van der Waals surface area contributed by atoms with Gasteiger partial charge in [-0.15, -0.1) is 0 Å². The Labute approximate surface area is 159 Å². The Kier molecular flexibility index (Phi) is 3.62. The normalized spacial score (nSPS) is 11.1. The Morgan fingerprint density at radius 1 is 0.857 bits per heavy atom. The van der Waals surface area contributed by atoms with Gasteiger partial charge in [-0.2, -0.15) is 0 Å². The van der Waals surface area contributed by atoms with Crippen molar-refractivity contribution in [2.45, 2.75) is 0 Å². The largest absolute Gasteiger partial charge is 0.345 e. The molecule has 0 unspecified atom stereocenters. The average molecular weight is 366 g/mol. The van der Waals surface area contributed by atoms with E-state index in [-0.39, 0.29) is 16.9 Å². The predicted molar refractivity (Wildman–Crippen MR) is 107 cm³/mol. The first kappa shape index (κ1) is 16.1. The highest BCUT2D eigenvalue weighted by molar-refractivity contribution is 6.15. The third-order valence-corrected chi connectivity index (χ3v) is 4.62. The fourth-order valence-electron chi connectivity index (χ4n) is 3.32. The van der Waals surface area contributed by atoms with Gasteiger partial charge in [-0.25, -0.2) is 9.97 Å². The monoisotopic (exact) mass is 366 g/mol. The lowest BCUT2D eigenvalue weighted by molar-refractivity contribution is 0.103. The number of pyridine rings is 1. The molecule has 5 aromatic rings. The second-order valence-electron chi connectivity index (χ2n) is 6.35. The Bertz CT molecular complexity index is 1390. The van der Waals surface area contributed by atoms with Crippen molar-refractivity contribution in [2.75, 3.05) is 0 Å². The molecule has 6 nitrogen and oxygen atoms in total. The van der Waals surface area contributed by atoms with Gasteiger partial charge in [-0.1, -0.05) is 48.5 Å². The zero-order valence-electron chi connectivity index (χ0n) is 14.7. The van der Waals surface area contributed by atoms with Gasteiger partial charge in [0.25, 0.3) is 5.56 Å². The predicted octanol–water partition coefficient (Wildman–Crippen LogP) is 3.49. The minimum absolute atomic E-state index is 0.0247. The first-order valence-corrected chi connectivity index (χ1v) is 8.79. The number of nitrogens with zero attached hydrogens (tertiary/aromatic N) is 3. The molecule has 0 fully saturated rings. The summed E-state index contributed by atoms with van der Waals surface area (Å²) in [7, 11) is 0. The van der Waals surface area contributed by atoms with E-state index < -0.39 is 5.56 Å². The fourth-order valence-corrected chi connectivity index (χ4v) is 3.32. The molecule has 0 amide bonds. The minimum Gasteiger partial charge on any atom is -0.345 e. The van der Waals surface area contributed by atoms with Gasteiger partial charge in [0.2, 0.25) is 5.78 Å². The zero-order chi connectivity index (χ0) is 19.1. The van der Waals surface area contributed by atoms with Crippen molar-refractivity contribution < 1.29 is 4.79 Å². The molecule has 0 aliphatic carbocycles. The van der Waals surface area contributed by atoms with E-state index in [1.807, 2.05) is 36.4 Å². The smallest absolute Gasteiger partial charge is 0.270 e. The number of aromatic amines is 1. The highest BCUT2D eigenvalue weighted by Crippen LogP contribution is 2.22. The SMILES string of the molecule is O=C(c1ccccc1)c1c(=O)n(-c2ccccc2)c2nc3ccc[nH]c3nc12. The number of hydrogen-bond donors (Lipinski definition) is 1. The van der Waals surface area contributed by atoms with Crippen LogP contribution in [0.3, 0.4) is 0 Å². The van der Waals surface area contributed by atoms with E-state index >= 15 is 0 Å². The van der Waals surface area contributed by atoms with Gasteiger partial charge in [-0.3, -0.25) is 14.2 Å². The lowest BCUT2D eigenvalue weighted by atomic mass is 10.1. The number of hydrogen-bond acceptors (Lipinski definition) is 4.